The maximum atomic E-state index is 12.4. The summed E-state index contributed by atoms with van der Waals surface area (Å²) in [6, 6.07) is 9.89. The molecule has 1 atom stereocenters. The number of likely N-dealkylation sites (tertiary alicyclic amines) is 1. The summed E-state index contributed by atoms with van der Waals surface area (Å²) in [4.78, 5) is 14.4. The largest absolute Gasteiger partial charge is 0.388 e. The molecular formula is C19H27NO2. The minimum atomic E-state index is -0.395. The summed E-state index contributed by atoms with van der Waals surface area (Å²) in [6.45, 7) is 1.61. The third kappa shape index (κ3) is 3.70. The van der Waals surface area contributed by atoms with Crippen LogP contribution in [0.2, 0.25) is 0 Å². The molecule has 1 aromatic carbocycles. The molecule has 1 amide bonds. The van der Waals surface area contributed by atoms with Gasteiger partial charge in [-0.3, -0.25) is 4.79 Å². The summed E-state index contributed by atoms with van der Waals surface area (Å²) >= 11 is 0. The van der Waals surface area contributed by atoms with Gasteiger partial charge in [-0.2, -0.15) is 0 Å². The van der Waals surface area contributed by atoms with E-state index in [2.05, 4.69) is 0 Å². The van der Waals surface area contributed by atoms with Crippen LogP contribution in [0.25, 0.3) is 0 Å². The van der Waals surface area contributed by atoms with Crippen molar-refractivity contribution < 1.29 is 9.90 Å². The highest BCUT2D eigenvalue weighted by Gasteiger charge is 2.29. The van der Waals surface area contributed by atoms with E-state index in [1.807, 2.05) is 35.2 Å². The summed E-state index contributed by atoms with van der Waals surface area (Å²) in [5.74, 6) is 1.23. The molecule has 22 heavy (non-hydrogen) atoms. The zero-order valence-corrected chi connectivity index (χ0v) is 13.3. The fourth-order valence-electron chi connectivity index (χ4n) is 3.98. The van der Waals surface area contributed by atoms with Gasteiger partial charge in [-0.25, -0.2) is 0 Å². The van der Waals surface area contributed by atoms with Crippen LogP contribution in [0.5, 0.6) is 0 Å². The van der Waals surface area contributed by atoms with Gasteiger partial charge in [-0.05, 0) is 43.1 Å². The van der Waals surface area contributed by atoms with E-state index in [-0.39, 0.29) is 5.92 Å². The second-order valence-electron chi connectivity index (χ2n) is 6.93. The molecule has 1 unspecified atom stereocenters. The zero-order chi connectivity index (χ0) is 15.4. The molecule has 0 radical (unpaired) electrons. The number of benzene rings is 1. The van der Waals surface area contributed by atoms with Crippen molar-refractivity contribution in [3.8, 4) is 0 Å². The Hall–Kier alpha value is -1.35. The van der Waals surface area contributed by atoms with E-state index in [1.54, 1.807) is 0 Å². The van der Waals surface area contributed by atoms with Crippen LogP contribution in [0.15, 0.2) is 30.3 Å². The summed E-state index contributed by atoms with van der Waals surface area (Å²) in [5, 5.41) is 10.5. The van der Waals surface area contributed by atoms with Gasteiger partial charge >= 0.3 is 0 Å². The Morgan fingerprint density at radius 1 is 1.09 bits per heavy atom. The first kappa shape index (κ1) is 15.5. The molecule has 1 aliphatic heterocycles. The van der Waals surface area contributed by atoms with Crippen molar-refractivity contribution in [1.29, 1.82) is 0 Å². The molecule has 1 saturated heterocycles. The first-order valence-electron chi connectivity index (χ1n) is 8.75. The number of aliphatic hydroxyl groups excluding tert-OH is 1. The topological polar surface area (TPSA) is 40.5 Å². The van der Waals surface area contributed by atoms with Gasteiger partial charge in [0.25, 0.3) is 0 Å². The van der Waals surface area contributed by atoms with Crippen molar-refractivity contribution in [2.24, 2.45) is 11.8 Å². The van der Waals surface area contributed by atoms with E-state index in [0.29, 0.717) is 11.8 Å². The van der Waals surface area contributed by atoms with E-state index in [4.69, 9.17) is 0 Å². The summed E-state index contributed by atoms with van der Waals surface area (Å²) < 4.78 is 0. The van der Waals surface area contributed by atoms with E-state index in [0.717, 1.165) is 37.9 Å². The van der Waals surface area contributed by atoms with Gasteiger partial charge in [0, 0.05) is 19.5 Å². The number of piperidine rings is 1. The van der Waals surface area contributed by atoms with Crippen molar-refractivity contribution in [3.05, 3.63) is 35.9 Å². The molecule has 1 heterocycles. The average molecular weight is 301 g/mol. The SMILES string of the molecule is O=C(CC1CCCC1)N1CCC(C(O)c2ccccc2)CC1. The molecule has 2 fully saturated rings. The van der Waals surface area contributed by atoms with Gasteiger partial charge in [0.05, 0.1) is 6.10 Å². The third-order valence-electron chi connectivity index (χ3n) is 5.42. The number of amides is 1. The van der Waals surface area contributed by atoms with Crippen molar-refractivity contribution in [2.75, 3.05) is 13.1 Å². The van der Waals surface area contributed by atoms with Gasteiger partial charge in [0.15, 0.2) is 0 Å². The number of carbonyl (C=O) groups excluding carboxylic acids is 1. The normalized spacial score (nSPS) is 22.0. The van der Waals surface area contributed by atoms with Crippen LogP contribution in [-0.4, -0.2) is 29.0 Å². The number of nitrogens with zero attached hydrogens (tertiary/aromatic N) is 1. The monoisotopic (exact) mass is 301 g/mol. The summed E-state index contributed by atoms with van der Waals surface area (Å²) in [5.41, 5.74) is 0.998. The first-order chi connectivity index (χ1) is 10.7. The molecule has 120 valence electrons. The maximum absolute atomic E-state index is 12.4. The van der Waals surface area contributed by atoms with Gasteiger partial charge in [0.1, 0.15) is 0 Å². The third-order valence-corrected chi connectivity index (χ3v) is 5.42. The number of hydrogen-bond acceptors (Lipinski definition) is 2. The van der Waals surface area contributed by atoms with Crippen LogP contribution in [0.1, 0.15) is 56.6 Å². The molecule has 2 aliphatic rings. The highest BCUT2D eigenvalue weighted by Crippen LogP contribution is 2.32. The van der Waals surface area contributed by atoms with Gasteiger partial charge in [0.2, 0.25) is 5.91 Å². The lowest BCUT2D eigenvalue weighted by Crippen LogP contribution is -2.40. The van der Waals surface area contributed by atoms with Gasteiger partial charge in [-0.15, -0.1) is 0 Å². The molecular weight excluding hydrogens is 274 g/mol. The van der Waals surface area contributed by atoms with E-state index < -0.39 is 6.10 Å². The number of hydrogen-bond donors (Lipinski definition) is 1. The molecule has 1 aliphatic carbocycles. The minimum absolute atomic E-state index is 0.276. The molecule has 0 aromatic heterocycles. The van der Waals surface area contributed by atoms with Crippen LogP contribution in [0.3, 0.4) is 0 Å². The standard InChI is InChI=1S/C19H27NO2/c21-18(14-15-6-4-5-7-15)20-12-10-17(11-13-20)19(22)16-8-2-1-3-9-16/h1-3,8-9,15,17,19,22H,4-7,10-14H2. The smallest absolute Gasteiger partial charge is 0.222 e. The minimum Gasteiger partial charge on any atom is -0.388 e. The fourth-order valence-corrected chi connectivity index (χ4v) is 3.98. The quantitative estimate of drug-likeness (QED) is 0.924. The highest BCUT2D eigenvalue weighted by molar-refractivity contribution is 5.76. The number of aliphatic hydroxyl groups is 1. The number of carbonyl (C=O) groups is 1. The zero-order valence-electron chi connectivity index (χ0n) is 13.3. The number of rotatable bonds is 4. The first-order valence-corrected chi connectivity index (χ1v) is 8.75. The Morgan fingerprint density at radius 3 is 2.36 bits per heavy atom. The van der Waals surface area contributed by atoms with Crippen LogP contribution < -0.4 is 0 Å². The van der Waals surface area contributed by atoms with E-state index in [9.17, 15) is 9.90 Å². The highest BCUT2D eigenvalue weighted by atomic mass is 16.3. The van der Waals surface area contributed by atoms with E-state index in [1.165, 1.54) is 25.7 Å². The summed E-state index contributed by atoms with van der Waals surface area (Å²) in [6.07, 6.45) is 7.22. The molecule has 3 heteroatoms. The molecule has 1 saturated carbocycles. The Balaban J connectivity index is 1.48. The summed E-state index contributed by atoms with van der Waals surface area (Å²) in [7, 11) is 0. The molecule has 1 aromatic rings. The Bertz CT molecular complexity index is 473. The molecule has 3 rings (SSSR count). The second-order valence-corrected chi connectivity index (χ2v) is 6.93. The average Bonchev–Trinajstić information content (AvgIpc) is 3.08. The van der Waals surface area contributed by atoms with Crippen LogP contribution in [0, 0.1) is 11.8 Å². The van der Waals surface area contributed by atoms with Crippen molar-refractivity contribution >= 4 is 5.91 Å². The van der Waals surface area contributed by atoms with Gasteiger partial charge in [-0.1, -0.05) is 43.2 Å². The maximum Gasteiger partial charge on any atom is 0.222 e. The van der Waals surface area contributed by atoms with Crippen LogP contribution >= 0.6 is 0 Å². The second kappa shape index (κ2) is 7.28. The van der Waals surface area contributed by atoms with Crippen molar-refractivity contribution in [2.45, 2.75) is 51.0 Å². The molecule has 0 spiro atoms. The lowest BCUT2D eigenvalue weighted by molar-refractivity contribution is -0.134. The lowest BCUT2D eigenvalue weighted by atomic mass is 9.87. The van der Waals surface area contributed by atoms with E-state index >= 15 is 0 Å². The van der Waals surface area contributed by atoms with Crippen LogP contribution in [0.4, 0.5) is 0 Å². The molecule has 3 nitrogen and oxygen atoms in total. The predicted octanol–water partition coefficient (Wildman–Crippen LogP) is 3.54. The Labute approximate surface area is 133 Å². The Kier molecular flexibility index (Phi) is 5.14. The van der Waals surface area contributed by atoms with Crippen LogP contribution in [-0.2, 0) is 4.79 Å². The Morgan fingerprint density at radius 2 is 1.73 bits per heavy atom. The molecule has 0 bridgehead atoms. The fraction of sp³-hybridized carbons (Fsp3) is 0.632. The van der Waals surface area contributed by atoms with Gasteiger partial charge < -0.3 is 10.0 Å². The lowest BCUT2D eigenvalue weighted by Gasteiger charge is -2.35. The van der Waals surface area contributed by atoms with Crippen molar-refractivity contribution in [3.63, 3.8) is 0 Å². The predicted molar refractivity (Wildman–Crippen MR) is 87.3 cm³/mol. The van der Waals surface area contributed by atoms with Crippen molar-refractivity contribution in [1.82, 2.24) is 4.90 Å². The molecule has 1 N–H and O–H groups in total.